The number of carbonyl (C=O) groups excluding carboxylic acids is 2. The highest BCUT2D eigenvalue weighted by molar-refractivity contribution is 5.94. The van der Waals surface area contributed by atoms with Gasteiger partial charge in [0, 0.05) is 37.7 Å². The third-order valence-electron chi connectivity index (χ3n) is 4.10. The summed E-state index contributed by atoms with van der Waals surface area (Å²) in [7, 11) is 0. The minimum absolute atomic E-state index is 0.0886. The minimum atomic E-state index is -0.162. The van der Waals surface area contributed by atoms with Crippen molar-refractivity contribution in [1.29, 1.82) is 0 Å². The Morgan fingerprint density at radius 2 is 1.96 bits per heavy atom. The zero-order chi connectivity index (χ0) is 16.8. The number of fused-ring (bicyclic) bond motifs is 1. The molecule has 24 heavy (non-hydrogen) atoms. The Morgan fingerprint density at radius 3 is 2.75 bits per heavy atom. The maximum Gasteiger partial charge on any atom is 0.251 e. The second-order valence-corrected chi connectivity index (χ2v) is 5.95. The first-order valence-corrected chi connectivity index (χ1v) is 8.37. The molecule has 2 amide bonds. The summed E-state index contributed by atoms with van der Waals surface area (Å²) in [6, 6.07) is 8.97. The summed E-state index contributed by atoms with van der Waals surface area (Å²) in [6.45, 7) is 1.77. The Bertz CT molecular complexity index is 686. The highest BCUT2D eigenvalue weighted by Crippen LogP contribution is 2.14. The smallest absolute Gasteiger partial charge is 0.251 e. The fourth-order valence-corrected chi connectivity index (χ4v) is 2.82. The number of imidazole rings is 1. The summed E-state index contributed by atoms with van der Waals surface area (Å²) in [4.78, 5) is 28.3. The summed E-state index contributed by atoms with van der Waals surface area (Å²) in [5, 5.41) is 5.60. The largest absolute Gasteiger partial charge is 0.352 e. The molecule has 1 aliphatic rings. The van der Waals surface area contributed by atoms with Gasteiger partial charge in [-0.3, -0.25) is 9.59 Å². The van der Waals surface area contributed by atoms with Crippen LogP contribution < -0.4 is 10.6 Å². The molecule has 0 saturated carbocycles. The van der Waals surface area contributed by atoms with Crippen LogP contribution in [0.15, 0.2) is 36.5 Å². The van der Waals surface area contributed by atoms with Crippen molar-refractivity contribution in [1.82, 2.24) is 20.2 Å². The second kappa shape index (κ2) is 7.77. The molecule has 2 aromatic rings. The van der Waals surface area contributed by atoms with E-state index in [1.165, 1.54) is 12.8 Å². The summed E-state index contributed by atoms with van der Waals surface area (Å²) in [6.07, 6.45) is 5.66. The standard InChI is InChI=1S/C18H22N4O2/c23-17(9-10-19-18(24)14-6-2-1-3-7-14)20-12-15-13-22-11-5-4-8-16(22)21-15/h1-3,6-7,13H,4-5,8-12H2,(H,19,24)(H,20,23). The zero-order valence-electron chi connectivity index (χ0n) is 13.6. The van der Waals surface area contributed by atoms with E-state index < -0.39 is 0 Å². The number of carbonyl (C=O) groups is 2. The molecule has 0 atom stereocenters. The van der Waals surface area contributed by atoms with Crippen molar-refractivity contribution >= 4 is 11.8 Å². The van der Waals surface area contributed by atoms with Crippen LogP contribution in [0.5, 0.6) is 0 Å². The van der Waals surface area contributed by atoms with Crippen LogP contribution in [0.3, 0.4) is 0 Å². The first-order valence-electron chi connectivity index (χ1n) is 8.37. The van der Waals surface area contributed by atoms with Gasteiger partial charge in [0.05, 0.1) is 12.2 Å². The lowest BCUT2D eigenvalue weighted by Crippen LogP contribution is -2.30. The van der Waals surface area contributed by atoms with Gasteiger partial charge in [-0.25, -0.2) is 4.98 Å². The van der Waals surface area contributed by atoms with E-state index in [0.717, 1.165) is 24.5 Å². The molecule has 2 heterocycles. The maximum absolute atomic E-state index is 11.9. The van der Waals surface area contributed by atoms with E-state index in [-0.39, 0.29) is 18.2 Å². The Kier molecular flexibility index (Phi) is 5.25. The predicted octanol–water partition coefficient (Wildman–Crippen LogP) is 1.66. The third-order valence-corrected chi connectivity index (χ3v) is 4.10. The number of rotatable bonds is 6. The first-order chi connectivity index (χ1) is 11.7. The van der Waals surface area contributed by atoms with Crippen LogP contribution >= 0.6 is 0 Å². The summed E-state index contributed by atoms with van der Waals surface area (Å²) >= 11 is 0. The second-order valence-electron chi connectivity index (χ2n) is 5.95. The normalized spacial score (nSPS) is 13.2. The number of hydrogen-bond acceptors (Lipinski definition) is 3. The molecule has 0 spiro atoms. The van der Waals surface area contributed by atoms with E-state index in [0.29, 0.717) is 18.7 Å². The molecule has 6 heteroatoms. The van der Waals surface area contributed by atoms with Gasteiger partial charge < -0.3 is 15.2 Å². The third kappa shape index (κ3) is 4.22. The van der Waals surface area contributed by atoms with Crippen molar-refractivity contribution in [2.24, 2.45) is 0 Å². The monoisotopic (exact) mass is 326 g/mol. The molecule has 6 nitrogen and oxygen atoms in total. The van der Waals surface area contributed by atoms with Crippen LogP contribution in [0.1, 0.15) is 41.1 Å². The number of benzene rings is 1. The molecule has 0 aliphatic carbocycles. The molecule has 2 N–H and O–H groups in total. The molecule has 126 valence electrons. The highest BCUT2D eigenvalue weighted by Gasteiger charge is 2.12. The molecule has 0 fully saturated rings. The Hall–Kier alpha value is -2.63. The Balaban J connectivity index is 1.38. The molecule has 0 saturated heterocycles. The summed E-state index contributed by atoms with van der Waals surface area (Å²) in [5.41, 5.74) is 1.50. The zero-order valence-corrected chi connectivity index (χ0v) is 13.6. The predicted molar refractivity (Wildman–Crippen MR) is 90.4 cm³/mol. The topological polar surface area (TPSA) is 76.0 Å². The van der Waals surface area contributed by atoms with Gasteiger partial charge in [0.15, 0.2) is 0 Å². The van der Waals surface area contributed by atoms with Crippen LogP contribution in [-0.4, -0.2) is 27.9 Å². The lowest BCUT2D eigenvalue weighted by atomic mass is 10.2. The van der Waals surface area contributed by atoms with Crippen molar-refractivity contribution in [3.8, 4) is 0 Å². The quantitative estimate of drug-likeness (QED) is 0.847. The number of nitrogens with zero attached hydrogens (tertiary/aromatic N) is 2. The van der Waals surface area contributed by atoms with Crippen molar-refractivity contribution in [3.63, 3.8) is 0 Å². The maximum atomic E-state index is 11.9. The average molecular weight is 326 g/mol. The van der Waals surface area contributed by atoms with Crippen LogP contribution in [0.25, 0.3) is 0 Å². The van der Waals surface area contributed by atoms with Gasteiger partial charge in [0.2, 0.25) is 5.91 Å². The Morgan fingerprint density at radius 1 is 1.12 bits per heavy atom. The fraction of sp³-hybridized carbons (Fsp3) is 0.389. The van der Waals surface area contributed by atoms with E-state index in [2.05, 4.69) is 20.2 Å². The molecular weight excluding hydrogens is 304 g/mol. The van der Waals surface area contributed by atoms with Crippen molar-refractivity contribution in [3.05, 3.63) is 53.6 Å². The first kappa shape index (κ1) is 16.2. The summed E-state index contributed by atoms with van der Waals surface area (Å²) in [5.74, 6) is 0.861. The number of hydrogen-bond donors (Lipinski definition) is 2. The SMILES string of the molecule is O=C(CCNC(=O)c1ccccc1)NCc1cn2c(n1)CCCC2. The number of aromatic nitrogens is 2. The van der Waals surface area contributed by atoms with Gasteiger partial charge in [0.1, 0.15) is 5.82 Å². The molecular formula is C18H22N4O2. The fourth-order valence-electron chi connectivity index (χ4n) is 2.82. The van der Waals surface area contributed by atoms with Gasteiger partial charge in [-0.05, 0) is 25.0 Å². The van der Waals surface area contributed by atoms with Gasteiger partial charge in [0.25, 0.3) is 5.91 Å². The highest BCUT2D eigenvalue weighted by atomic mass is 16.2. The molecule has 0 bridgehead atoms. The van der Waals surface area contributed by atoms with Crippen LogP contribution in [0.2, 0.25) is 0 Å². The molecule has 1 aliphatic heterocycles. The van der Waals surface area contributed by atoms with Crippen LogP contribution in [-0.2, 0) is 24.3 Å². The molecule has 3 rings (SSSR count). The lowest BCUT2D eigenvalue weighted by molar-refractivity contribution is -0.121. The van der Waals surface area contributed by atoms with E-state index in [9.17, 15) is 9.59 Å². The molecule has 1 aromatic heterocycles. The number of aryl methyl sites for hydroxylation is 2. The van der Waals surface area contributed by atoms with Crippen molar-refractivity contribution < 1.29 is 9.59 Å². The van der Waals surface area contributed by atoms with Gasteiger partial charge in [-0.15, -0.1) is 0 Å². The van der Waals surface area contributed by atoms with E-state index >= 15 is 0 Å². The minimum Gasteiger partial charge on any atom is -0.352 e. The van der Waals surface area contributed by atoms with Crippen molar-refractivity contribution in [2.75, 3.05) is 6.54 Å². The van der Waals surface area contributed by atoms with E-state index in [1.54, 1.807) is 12.1 Å². The van der Waals surface area contributed by atoms with Crippen molar-refractivity contribution in [2.45, 2.75) is 38.8 Å². The summed E-state index contributed by atoms with van der Waals surface area (Å²) < 4.78 is 2.17. The van der Waals surface area contributed by atoms with Gasteiger partial charge >= 0.3 is 0 Å². The lowest BCUT2D eigenvalue weighted by Gasteiger charge is -2.11. The Labute approximate surface area is 141 Å². The number of nitrogens with one attached hydrogen (secondary N) is 2. The molecule has 0 radical (unpaired) electrons. The average Bonchev–Trinajstić information content (AvgIpc) is 3.03. The van der Waals surface area contributed by atoms with Gasteiger partial charge in [-0.1, -0.05) is 18.2 Å². The van der Waals surface area contributed by atoms with E-state index in [1.807, 2.05) is 24.4 Å². The molecule has 0 unspecified atom stereocenters. The van der Waals surface area contributed by atoms with Crippen LogP contribution in [0.4, 0.5) is 0 Å². The van der Waals surface area contributed by atoms with Crippen LogP contribution in [0, 0.1) is 0 Å². The van der Waals surface area contributed by atoms with Gasteiger partial charge in [-0.2, -0.15) is 0 Å². The number of amides is 2. The molecule has 1 aromatic carbocycles. The van der Waals surface area contributed by atoms with E-state index in [4.69, 9.17) is 0 Å².